The van der Waals surface area contributed by atoms with Gasteiger partial charge in [-0.05, 0) is 24.1 Å². The molecule has 0 saturated heterocycles. The molecule has 0 N–H and O–H groups in total. The van der Waals surface area contributed by atoms with Crippen molar-refractivity contribution < 1.29 is 9.47 Å². The van der Waals surface area contributed by atoms with E-state index in [9.17, 15) is 0 Å². The molecule has 2 rings (SSSR count). The van der Waals surface area contributed by atoms with Gasteiger partial charge in [-0.25, -0.2) is 0 Å². The van der Waals surface area contributed by atoms with Crippen molar-refractivity contribution >= 4 is 15.9 Å². The zero-order valence-corrected chi connectivity index (χ0v) is 13.4. The molecule has 1 aliphatic rings. The van der Waals surface area contributed by atoms with Crippen LogP contribution in [0.2, 0.25) is 0 Å². The summed E-state index contributed by atoms with van der Waals surface area (Å²) in [5.74, 6) is 2.21. The smallest absolute Gasteiger partial charge is 0.161 e. The van der Waals surface area contributed by atoms with Crippen molar-refractivity contribution in [2.75, 3.05) is 13.2 Å². The maximum absolute atomic E-state index is 5.83. The highest BCUT2D eigenvalue weighted by Gasteiger charge is 2.17. The monoisotopic (exact) mass is 326 g/mol. The lowest BCUT2D eigenvalue weighted by Crippen LogP contribution is -2.12. The minimum Gasteiger partial charge on any atom is -0.489 e. The predicted molar refractivity (Wildman–Crippen MR) is 82.4 cm³/mol. The normalized spacial score (nSPS) is 19.8. The first-order valence-electron chi connectivity index (χ1n) is 7.24. The van der Waals surface area contributed by atoms with E-state index in [0.717, 1.165) is 24.7 Å². The van der Waals surface area contributed by atoms with Crippen LogP contribution in [0.3, 0.4) is 0 Å². The predicted octanol–water partition coefficient (Wildman–Crippen LogP) is 5.11. The SMILES string of the molecule is CCCCCC(Br)c1ccc2c(c1)OCC(C)CO2. The maximum Gasteiger partial charge on any atom is 0.161 e. The molecule has 3 heteroatoms. The molecule has 0 aliphatic carbocycles. The summed E-state index contributed by atoms with van der Waals surface area (Å²) in [4.78, 5) is 0.411. The first kappa shape index (κ1) is 14.7. The molecular formula is C16H23BrO2. The minimum absolute atomic E-state index is 0.411. The van der Waals surface area contributed by atoms with Gasteiger partial charge in [0, 0.05) is 10.7 Å². The van der Waals surface area contributed by atoms with Crippen LogP contribution in [0.5, 0.6) is 11.5 Å². The summed E-state index contributed by atoms with van der Waals surface area (Å²) in [5.41, 5.74) is 1.29. The van der Waals surface area contributed by atoms with Gasteiger partial charge in [0.25, 0.3) is 0 Å². The molecule has 0 radical (unpaired) electrons. The number of unbranched alkanes of at least 4 members (excludes halogenated alkanes) is 2. The Kier molecular flexibility index (Phi) is 5.56. The molecule has 1 aromatic carbocycles. The number of alkyl halides is 1. The van der Waals surface area contributed by atoms with Gasteiger partial charge in [0.1, 0.15) is 0 Å². The molecule has 19 heavy (non-hydrogen) atoms. The van der Waals surface area contributed by atoms with Gasteiger partial charge in [-0.1, -0.05) is 55.1 Å². The Balaban J connectivity index is 2.03. The Labute approximate surface area is 124 Å². The fourth-order valence-electron chi connectivity index (χ4n) is 2.20. The Morgan fingerprint density at radius 3 is 2.68 bits per heavy atom. The number of ether oxygens (including phenoxy) is 2. The van der Waals surface area contributed by atoms with Gasteiger partial charge in [-0.15, -0.1) is 0 Å². The Hall–Kier alpha value is -0.700. The van der Waals surface area contributed by atoms with E-state index < -0.39 is 0 Å². The van der Waals surface area contributed by atoms with Crippen LogP contribution >= 0.6 is 15.9 Å². The number of fused-ring (bicyclic) bond motifs is 1. The highest BCUT2D eigenvalue weighted by atomic mass is 79.9. The van der Waals surface area contributed by atoms with Crippen LogP contribution in [0.15, 0.2) is 18.2 Å². The van der Waals surface area contributed by atoms with Crippen LogP contribution in [0.4, 0.5) is 0 Å². The zero-order chi connectivity index (χ0) is 13.7. The fraction of sp³-hybridized carbons (Fsp3) is 0.625. The fourth-order valence-corrected chi connectivity index (χ4v) is 2.81. The summed E-state index contributed by atoms with van der Waals surface area (Å²) in [6.07, 6.45) is 4.99. The first-order chi connectivity index (χ1) is 9.20. The van der Waals surface area contributed by atoms with E-state index in [4.69, 9.17) is 9.47 Å². The number of rotatable bonds is 5. The average molecular weight is 327 g/mol. The van der Waals surface area contributed by atoms with Gasteiger partial charge in [0.05, 0.1) is 13.2 Å². The molecule has 2 atom stereocenters. The molecule has 1 heterocycles. The maximum atomic E-state index is 5.83. The number of benzene rings is 1. The minimum atomic E-state index is 0.411. The van der Waals surface area contributed by atoms with Crippen molar-refractivity contribution in [2.24, 2.45) is 5.92 Å². The molecule has 0 spiro atoms. The van der Waals surface area contributed by atoms with E-state index >= 15 is 0 Å². The summed E-state index contributed by atoms with van der Waals surface area (Å²) in [7, 11) is 0. The van der Waals surface area contributed by atoms with Crippen LogP contribution in [-0.4, -0.2) is 13.2 Å². The molecule has 1 aliphatic heterocycles. The highest BCUT2D eigenvalue weighted by Crippen LogP contribution is 2.36. The average Bonchev–Trinajstić information content (AvgIpc) is 2.61. The zero-order valence-electron chi connectivity index (χ0n) is 11.8. The Bertz CT molecular complexity index is 406. The van der Waals surface area contributed by atoms with Crippen LogP contribution in [0, 0.1) is 5.92 Å². The van der Waals surface area contributed by atoms with Gasteiger partial charge in [0.15, 0.2) is 11.5 Å². The topological polar surface area (TPSA) is 18.5 Å². The molecule has 0 bridgehead atoms. The lowest BCUT2D eigenvalue weighted by Gasteiger charge is -2.13. The lowest BCUT2D eigenvalue weighted by atomic mass is 10.1. The number of hydrogen-bond acceptors (Lipinski definition) is 2. The van der Waals surface area contributed by atoms with Crippen molar-refractivity contribution in [3.8, 4) is 11.5 Å². The van der Waals surface area contributed by atoms with Crippen LogP contribution in [0.1, 0.15) is 49.9 Å². The Morgan fingerprint density at radius 2 is 1.95 bits per heavy atom. The molecule has 0 fully saturated rings. The van der Waals surface area contributed by atoms with Crippen molar-refractivity contribution in [1.82, 2.24) is 0 Å². The van der Waals surface area contributed by atoms with Gasteiger partial charge < -0.3 is 9.47 Å². The number of halogens is 1. The van der Waals surface area contributed by atoms with Crippen molar-refractivity contribution in [2.45, 2.75) is 44.4 Å². The first-order valence-corrected chi connectivity index (χ1v) is 8.16. The van der Waals surface area contributed by atoms with E-state index in [1.54, 1.807) is 0 Å². The summed E-state index contributed by atoms with van der Waals surface area (Å²) in [5, 5.41) is 0. The molecule has 0 saturated carbocycles. The largest absolute Gasteiger partial charge is 0.489 e. The third kappa shape index (κ3) is 4.13. The second-order valence-electron chi connectivity index (χ2n) is 5.40. The Morgan fingerprint density at radius 1 is 1.21 bits per heavy atom. The van der Waals surface area contributed by atoms with E-state index in [2.05, 4.69) is 41.9 Å². The third-order valence-electron chi connectivity index (χ3n) is 3.44. The van der Waals surface area contributed by atoms with Crippen molar-refractivity contribution in [3.05, 3.63) is 23.8 Å². The standard InChI is InChI=1S/C16H23BrO2/c1-3-4-5-6-14(17)13-7-8-15-16(9-13)19-11-12(2)10-18-15/h7-9,12,14H,3-6,10-11H2,1-2H3. The van der Waals surface area contributed by atoms with Gasteiger partial charge in [0.2, 0.25) is 0 Å². The van der Waals surface area contributed by atoms with Gasteiger partial charge in [-0.3, -0.25) is 0 Å². The quantitative estimate of drug-likeness (QED) is 0.553. The van der Waals surface area contributed by atoms with E-state index in [0.29, 0.717) is 10.7 Å². The molecule has 2 nitrogen and oxygen atoms in total. The van der Waals surface area contributed by atoms with Crippen molar-refractivity contribution in [1.29, 1.82) is 0 Å². The molecule has 106 valence electrons. The van der Waals surface area contributed by atoms with Crippen molar-refractivity contribution in [3.63, 3.8) is 0 Å². The van der Waals surface area contributed by atoms with Crippen LogP contribution in [0.25, 0.3) is 0 Å². The van der Waals surface area contributed by atoms with Crippen LogP contribution < -0.4 is 9.47 Å². The van der Waals surface area contributed by atoms with E-state index in [1.807, 2.05) is 6.07 Å². The second-order valence-corrected chi connectivity index (χ2v) is 6.50. The summed E-state index contributed by atoms with van der Waals surface area (Å²) in [6, 6.07) is 6.30. The molecule has 1 aromatic rings. The highest BCUT2D eigenvalue weighted by molar-refractivity contribution is 9.09. The van der Waals surface area contributed by atoms with E-state index in [-0.39, 0.29) is 0 Å². The second kappa shape index (κ2) is 7.18. The van der Waals surface area contributed by atoms with Crippen LogP contribution in [-0.2, 0) is 0 Å². The lowest BCUT2D eigenvalue weighted by molar-refractivity contribution is 0.228. The summed E-state index contributed by atoms with van der Waals surface area (Å²) in [6.45, 7) is 5.85. The van der Waals surface area contributed by atoms with Gasteiger partial charge >= 0.3 is 0 Å². The third-order valence-corrected chi connectivity index (χ3v) is 4.42. The molecule has 0 aromatic heterocycles. The molecule has 0 amide bonds. The summed E-state index contributed by atoms with van der Waals surface area (Å²) >= 11 is 3.78. The number of hydrogen-bond donors (Lipinski definition) is 0. The van der Waals surface area contributed by atoms with Gasteiger partial charge in [-0.2, -0.15) is 0 Å². The molecular weight excluding hydrogens is 304 g/mol. The van der Waals surface area contributed by atoms with E-state index in [1.165, 1.54) is 31.2 Å². The molecule has 2 unspecified atom stereocenters. The summed E-state index contributed by atoms with van der Waals surface area (Å²) < 4.78 is 11.6.